The average molecular weight is 267 g/mol. The summed E-state index contributed by atoms with van der Waals surface area (Å²) < 4.78 is 5.17. The molecule has 0 spiro atoms. The topological polar surface area (TPSA) is 22.1 Å². The molecule has 0 N–H and O–H groups in total. The minimum atomic E-state index is 0.880. The number of hydrogen-bond donors (Lipinski definition) is 0. The lowest BCUT2D eigenvalue weighted by molar-refractivity contribution is 0.415. The van der Waals surface area contributed by atoms with E-state index in [9.17, 15) is 0 Å². The maximum absolute atomic E-state index is 5.17. The van der Waals surface area contributed by atoms with Crippen LogP contribution < -0.4 is 4.74 Å². The maximum Gasteiger partial charge on any atom is 0.118 e. The molecule has 19 heavy (non-hydrogen) atoms. The number of benzene rings is 1. The van der Waals surface area contributed by atoms with E-state index in [4.69, 9.17) is 4.74 Å². The molecule has 0 saturated heterocycles. The maximum atomic E-state index is 5.17. The zero-order chi connectivity index (χ0) is 13.1. The SMILES string of the molecule is COc1ccc(-c2ccc(-c3ccccn3)s2)cc1. The molecule has 0 aliphatic heterocycles. The number of thiophene rings is 1. The highest BCUT2D eigenvalue weighted by molar-refractivity contribution is 7.18. The van der Waals surface area contributed by atoms with Crippen molar-refractivity contribution < 1.29 is 4.74 Å². The zero-order valence-electron chi connectivity index (χ0n) is 10.5. The highest BCUT2D eigenvalue weighted by Crippen LogP contribution is 2.33. The second-order valence-corrected chi connectivity index (χ2v) is 5.19. The Labute approximate surface area is 116 Å². The summed E-state index contributed by atoms with van der Waals surface area (Å²) in [6.45, 7) is 0. The molecule has 0 aliphatic carbocycles. The van der Waals surface area contributed by atoms with Crippen molar-refractivity contribution in [3.8, 4) is 26.8 Å². The highest BCUT2D eigenvalue weighted by Gasteiger charge is 2.05. The summed E-state index contributed by atoms with van der Waals surface area (Å²) >= 11 is 1.75. The molecular formula is C16H13NOS. The molecule has 1 aromatic carbocycles. The van der Waals surface area contributed by atoms with Gasteiger partial charge in [-0.05, 0) is 54.1 Å². The lowest BCUT2D eigenvalue weighted by atomic mass is 10.2. The number of pyridine rings is 1. The van der Waals surface area contributed by atoms with Gasteiger partial charge in [0.15, 0.2) is 0 Å². The smallest absolute Gasteiger partial charge is 0.118 e. The first kappa shape index (κ1) is 11.9. The second kappa shape index (κ2) is 5.24. The third-order valence-electron chi connectivity index (χ3n) is 2.90. The van der Waals surface area contributed by atoms with Gasteiger partial charge in [-0.1, -0.05) is 6.07 Å². The summed E-state index contributed by atoms with van der Waals surface area (Å²) in [6.07, 6.45) is 1.82. The summed E-state index contributed by atoms with van der Waals surface area (Å²) in [5.74, 6) is 0.880. The normalized spacial score (nSPS) is 10.4. The standard InChI is InChI=1S/C16H13NOS/c1-18-13-7-5-12(6-8-13)15-9-10-16(19-15)14-4-2-3-11-17-14/h2-11H,1H3. The summed E-state index contributed by atoms with van der Waals surface area (Å²) in [5, 5.41) is 0. The third kappa shape index (κ3) is 2.51. The van der Waals surface area contributed by atoms with Gasteiger partial charge >= 0.3 is 0 Å². The van der Waals surface area contributed by atoms with Crippen LogP contribution in [0.4, 0.5) is 0 Å². The molecule has 0 atom stereocenters. The molecular weight excluding hydrogens is 254 g/mol. The van der Waals surface area contributed by atoms with Gasteiger partial charge in [0, 0.05) is 11.1 Å². The Balaban J connectivity index is 1.92. The molecule has 0 bridgehead atoms. The van der Waals surface area contributed by atoms with Crippen LogP contribution in [0.3, 0.4) is 0 Å². The van der Waals surface area contributed by atoms with Gasteiger partial charge in [-0.3, -0.25) is 4.98 Å². The predicted octanol–water partition coefficient (Wildman–Crippen LogP) is 4.49. The van der Waals surface area contributed by atoms with Crippen molar-refractivity contribution in [2.75, 3.05) is 7.11 Å². The lowest BCUT2D eigenvalue weighted by Gasteiger charge is -2.01. The number of nitrogens with zero attached hydrogens (tertiary/aromatic N) is 1. The van der Waals surface area contributed by atoms with Crippen LogP contribution in [0.25, 0.3) is 21.0 Å². The first-order chi connectivity index (χ1) is 9.36. The number of methoxy groups -OCH3 is 1. The van der Waals surface area contributed by atoms with Crippen LogP contribution in [0.15, 0.2) is 60.8 Å². The van der Waals surface area contributed by atoms with Crippen LogP contribution in [-0.2, 0) is 0 Å². The van der Waals surface area contributed by atoms with Crippen molar-refractivity contribution >= 4 is 11.3 Å². The average Bonchev–Trinajstić information content (AvgIpc) is 2.98. The van der Waals surface area contributed by atoms with Crippen molar-refractivity contribution in [3.63, 3.8) is 0 Å². The van der Waals surface area contributed by atoms with E-state index in [0.717, 1.165) is 11.4 Å². The molecule has 0 aliphatic rings. The Morgan fingerprint density at radius 1 is 0.895 bits per heavy atom. The first-order valence-electron chi connectivity index (χ1n) is 6.02. The van der Waals surface area contributed by atoms with E-state index in [1.165, 1.54) is 15.3 Å². The molecule has 94 valence electrons. The summed E-state index contributed by atoms with van der Waals surface area (Å²) in [4.78, 5) is 6.80. The minimum Gasteiger partial charge on any atom is -0.497 e. The van der Waals surface area contributed by atoms with E-state index < -0.39 is 0 Å². The Hall–Kier alpha value is -2.13. The van der Waals surface area contributed by atoms with Crippen molar-refractivity contribution in [1.29, 1.82) is 0 Å². The molecule has 0 unspecified atom stereocenters. The number of aromatic nitrogens is 1. The Morgan fingerprint density at radius 3 is 2.37 bits per heavy atom. The van der Waals surface area contributed by atoms with Gasteiger partial charge in [0.2, 0.25) is 0 Å². The zero-order valence-corrected chi connectivity index (χ0v) is 11.4. The van der Waals surface area contributed by atoms with Gasteiger partial charge < -0.3 is 4.74 Å². The molecule has 0 saturated carbocycles. The van der Waals surface area contributed by atoms with Gasteiger partial charge in [0.05, 0.1) is 17.7 Å². The minimum absolute atomic E-state index is 0.880. The quantitative estimate of drug-likeness (QED) is 0.697. The molecule has 0 amide bonds. The van der Waals surface area contributed by atoms with E-state index in [1.807, 2.05) is 36.5 Å². The molecule has 0 radical (unpaired) electrons. The lowest BCUT2D eigenvalue weighted by Crippen LogP contribution is -1.81. The second-order valence-electron chi connectivity index (χ2n) is 4.11. The largest absolute Gasteiger partial charge is 0.497 e. The van der Waals surface area contributed by atoms with Crippen molar-refractivity contribution in [2.24, 2.45) is 0 Å². The van der Waals surface area contributed by atoms with Crippen LogP contribution >= 0.6 is 11.3 Å². The summed E-state index contributed by atoms with van der Waals surface area (Å²) in [6, 6.07) is 18.3. The van der Waals surface area contributed by atoms with Crippen LogP contribution in [0.5, 0.6) is 5.75 Å². The fourth-order valence-corrected chi connectivity index (χ4v) is 2.88. The fraction of sp³-hybridized carbons (Fsp3) is 0.0625. The Kier molecular flexibility index (Phi) is 3.29. The van der Waals surface area contributed by atoms with Crippen LogP contribution in [0, 0.1) is 0 Å². The van der Waals surface area contributed by atoms with Crippen molar-refractivity contribution in [3.05, 3.63) is 60.8 Å². The number of hydrogen-bond acceptors (Lipinski definition) is 3. The van der Waals surface area contributed by atoms with Crippen LogP contribution in [-0.4, -0.2) is 12.1 Å². The van der Waals surface area contributed by atoms with Gasteiger partial charge in [0.1, 0.15) is 5.75 Å². The van der Waals surface area contributed by atoms with Crippen LogP contribution in [0.1, 0.15) is 0 Å². The van der Waals surface area contributed by atoms with Gasteiger partial charge in [-0.2, -0.15) is 0 Å². The van der Waals surface area contributed by atoms with Gasteiger partial charge in [0.25, 0.3) is 0 Å². The Morgan fingerprint density at radius 2 is 1.68 bits per heavy atom. The van der Waals surface area contributed by atoms with E-state index in [1.54, 1.807) is 18.4 Å². The number of ether oxygens (including phenoxy) is 1. The Bertz CT molecular complexity index is 659. The third-order valence-corrected chi connectivity index (χ3v) is 4.05. The molecule has 2 heterocycles. The van der Waals surface area contributed by atoms with Crippen molar-refractivity contribution in [2.45, 2.75) is 0 Å². The summed E-state index contributed by atoms with van der Waals surface area (Å²) in [5.41, 5.74) is 2.22. The van der Waals surface area contributed by atoms with Crippen LogP contribution in [0.2, 0.25) is 0 Å². The van der Waals surface area contributed by atoms with Gasteiger partial charge in [-0.15, -0.1) is 11.3 Å². The molecule has 0 fully saturated rings. The van der Waals surface area contributed by atoms with E-state index in [2.05, 4.69) is 29.2 Å². The molecule has 2 nitrogen and oxygen atoms in total. The monoisotopic (exact) mass is 267 g/mol. The molecule has 3 heteroatoms. The fourth-order valence-electron chi connectivity index (χ4n) is 1.89. The van der Waals surface area contributed by atoms with Gasteiger partial charge in [-0.25, -0.2) is 0 Å². The van der Waals surface area contributed by atoms with E-state index >= 15 is 0 Å². The molecule has 2 aromatic heterocycles. The highest BCUT2D eigenvalue weighted by atomic mass is 32.1. The van der Waals surface area contributed by atoms with E-state index in [-0.39, 0.29) is 0 Å². The molecule has 3 aromatic rings. The van der Waals surface area contributed by atoms with Crippen molar-refractivity contribution in [1.82, 2.24) is 4.98 Å². The predicted molar refractivity (Wildman–Crippen MR) is 79.5 cm³/mol. The molecule has 3 rings (SSSR count). The first-order valence-corrected chi connectivity index (χ1v) is 6.84. The van der Waals surface area contributed by atoms with E-state index in [0.29, 0.717) is 0 Å². The number of rotatable bonds is 3. The summed E-state index contributed by atoms with van der Waals surface area (Å²) in [7, 11) is 1.68.